The Morgan fingerprint density at radius 3 is 1.61 bits per heavy atom. The molecule has 11 heteroatoms. The highest BCUT2D eigenvalue weighted by Crippen LogP contribution is 2.13. The summed E-state index contributed by atoms with van der Waals surface area (Å²) in [5, 5.41) is 0.404. The molecule has 0 radical (unpaired) electrons. The Labute approximate surface area is 259 Å². The van der Waals surface area contributed by atoms with Gasteiger partial charge in [0.1, 0.15) is 0 Å². The van der Waals surface area contributed by atoms with Gasteiger partial charge in [0.15, 0.2) is 0 Å². The fourth-order valence-corrected chi connectivity index (χ4v) is 3.92. The molecular weight excluding hydrogens is 560 g/mol. The molecule has 0 spiro atoms. The number of nitrogens with zero attached hydrogens (tertiary/aromatic N) is 5. The standard InChI is InChI=1S/C15H20N2O.C13H11N3O4.C5H13N/c1-3-4-5-6-7-14(18)15(17-16)13-10-8-12(2)9-11-13;1-8-2-4-9(5-3-8)12(15-14)13(19)20-16-10(17)6-7-11(16)18;1-2-3-4-5-6/h8-11H,3-7H2,1-2H3;2-5H,6-7H2,1H3;2-6H2,1H3. The molecule has 0 saturated carbocycles. The topological polar surface area (TPSA) is 180 Å². The maximum Gasteiger partial charge on any atom is 0.446 e. The molecule has 1 aliphatic heterocycles. The molecule has 2 amide bonds. The van der Waals surface area contributed by atoms with Gasteiger partial charge >= 0.3 is 17.4 Å². The number of imide groups is 1. The Balaban J connectivity index is 0.000000374. The molecule has 0 bridgehead atoms. The van der Waals surface area contributed by atoms with Gasteiger partial charge in [0.05, 0.1) is 11.1 Å². The van der Waals surface area contributed by atoms with Gasteiger partial charge in [0.25, 0.3) is 11.8 Å². The molecule has 44 heavy (non-hydrogen) atoms. The zero-order chi connectivity index (χ0) is 32.9. The predicted molar refractivity (Wildman–Crippen MR) is 167 cm³/mol. The van der Waals surface area contributed by atoms with E-state index in [4.69, 9.17) is 16.8 Å². The predicted octanol–water partition coefficient (Wildman–Crippen LogP) is 5.31. The van der Waals surface area contributed by atoms with Gasteiger partial charge in [-0.2, -0.15) is 9.58 Å². The average molecular weight is 605 g/mol. The lowest BCUT2D eigenvalue weighted by atomic mass is 10.0. The molecule has 0 aliphatic carbocycles. The zero-order valence-electron chi connectivity index (χ0n) is 26.3. The van der Waals surface area contributed by atoms with Crippen LogP contribution in [-0.2, 0) is 24.0 Å². The monoisotopic (exact) mass is 604 g/mol. The van der Waals surface area contributed by atoms with Crippen molar-refractivity contribution in [1.82, 2.24) is 5.06 Å². The summed E-state index contributed by atoms with van der Waals surface area (Å²) in [6.07, 6.45) is 8.41. The number of Topliss-reactive ketones (excluding diaryl/α,β-unsaturated/α-hetero) is 1. The van der Waals surface area contributed by atoms with Gasteiger partial charge in [0.2, 0.25) is 5.78 Å². The molecule has 0 unspecified atom stereocenters. The van der Waals surface area contributed by atoms with Crippen LogP contribution in [-0.4, -0.2) is 56.2 Å². The molecule has 1 heterocycles. The summed E-state index contributed by atoms with van der Waals surface area (Å²) in [6.45, 7) is 9.00. The van der Waals surface area contributed by atoms with Crippen LogP contribution in [0.1, 0.15) is 100 Å². The zero-order valence-corrected chi connectivity index (χ0v) is 26.3. The highest BCUT2D eigenvalue weighted by molar-refractivity contribution is 6.43. The Morgan fingerprint density at radius 1 is 0.750 bits per heavy atom. The molecule has 1 fully saturated rings. The number of carbonyl (C=O) groups is 4. The summed E-state index contributed by atoms with van der Waals surface area (Å²) in [4.78, 5) is 57.2. The van der Waals surface area contributed by atoms with Gasteiger partial charge in [0, 0.05) is 19.3 Å². The van der Waals surface area contributed by atoms with Crippen molar-refractivity contribution in [2.75, 3.05) is 6.54 Å². The Bertz CT molecular complexity index is 1320. The first-order chi connectivity index (χ1) is 21.1. The van der Waals surface area contributed by atoms with Crippen LogP contribution >= 0.6 is 0 Å². The third-order valence-corrected chi connectivity index (χ3v) is 6.55. The van der Waals surface area contributed by atoms with Crippen molar-refractivity contribution >= 4 is 35.0 Å². The second kappa shape index (κ2) is 21.2. The normalized spacial score (nSPS) is 11.7. The van der Waals surface area contributed by atoms with E-state index in [1.807, 2.05) is 38.1 Å². The number of unbranched alkanes of at least 4 members (excludes halogenated alkanes) is 5. The average Bonchev–Trinajstić information content (AvgIpc) is 3.33. The number of amides is 2. The minimum atomic E-state index is -1.07. The van der Waals surface area contributed by atoms with Gasteiger partial charge in [-0.3, -0.25) is 14.4 Å². The van der Waals surface area contributed by atoms with Crippen LogP contribution in [0, 0.1) is 13.8 Å². The third-order valence-electron chi connectivity index (χ3n) is 6.55. The number of hydrogen-bond acceptors (Lipinski definition) is 6. The lowest BCUT2D eigenvalue weighted by Crippen LogP contribution is -2.35. The van der Waals surface area contributed by atoms with E-state index in [0.717, 1.165) is 43.4 Å². The van der Waals surface area contributed by atoms with Crippen LogP contribution in [0.5, 0.6) is 0 Å². The lowest BCUT2D eigenvalue weighted by molar-refractivity contribution is -0.194. The first kappa shape index (κ1) is 37.5. The van der Waals surface area contributed by atoms with E-state index in [9.17, 15) is 19.2 Å². The summed E-state index contributed by atoms with van der Waals surface area (Å²) in [5.74, 6) is -2.34. The van der Waals surface area contributed by atoms with Crippen LogP contribution in [0.25, 0.3) is 11.1 Å². The summed E-state index contributed by atoms with van der Waals surface area (Å²) in [6, 6.07) is 14.0. The molecule has 1 aliphatic rings. The SMILES string of the molecule is CCCCCCC(=O)C(=[N+]=[N-])c1ccc(C)cc1.CCCCCN.Cc1ccc(C(=[N+]=[N-])C(=O)ON2C(=O)CCC2=O)cc1. The highest BCUT2D eigenvalue weighted by Gasteiger charge is 2.36. The Hall–Kier alpha value is -4.56. The second-order valence-corrected chi connectivity index (χ2v) is 10.3. The molecule has 2 aromatic rings. The number of carbonyl (C=O) groups excluding carboxylic acids is 4. The summed E-state index contributed by atoms with van der Waals surface area (Å²) in [5.41, 5.74) is 26.0. The summed E-state index contributed by atoms with van der Waals surface area (Å²) >= 11 is 0. The van der Waals surface area contributed by atoms with Crippen molar-refractivity contribution < 1.29 is 33.6 Å². The molecular formula is C33H44N6O5. The van der Waals surface area contributed by atoms with Crippen LogP contribution in [0.4, 0.5) is 0 Å². The van der Waals surface area contributed by atoms with E-state index in [2.05, 4.69) is 28.3 Å². The van der Waals surface area contributed by atoms with E-state index in [1.54, 1.807) is 24.3 Å². The van der Waals surface area contributed by atoms with Crippen molar-refractivity contribution in [1.29, 1.82) is 0 Å². The van der Waals surface area contributed by atoms with Gasteiger partial charge in [-0.1, -0.05) is 81.3 Å². The number of nitrogens with two attached hydrogens (primary N) is 1. The molecule has 2 aromatic carbocycles. The van der Waals surface area contributed by atoms with Crippen LogP contribution in [0.15, 0.2) is 48.5 Å². The van der Waals surface area contributed by atoms with E-state index >= 15 is 0 Å². The molecule has 11 nitrogen and oxygen atoms in total. The fraction of sp³-hybridized carbons (Fsp3) is 0.455. The van der Waals surface area contributed by atoms with Crippen LogP contribution in [0.3, 0.4) is 0 Å². The summed E-state index contributed by atoms with van der Waals surface area (Å²) in [7, 11) is 0. The van der Waals surface area contributed by atoms with Crippen molar-refractivity contribution in [3.63, 3.8) is 0 Å². The van der Waals surface area contributed by atoms with E-state index in [0.29, 0.717) is 22.6 Å². The van der Waals surface area contributed by atoms with Gasteiger partial charge < -0.3 is 21.6 Å². The number of hydroxylamine groups is 2. The van der Waals surface area contributed by atoms with Crippen LogP contribution in [0.2, 0.25) is 0 Å². The van der Waals surface area contributed by atoms with E-state index in [-0.39, 0.29) is 30.0 Å². The quantitative estimate of drug-likeness (QED) is 0.106. The summed E-state index contributed by atoms with van der Waals surface area (Å²) < 4.78 is 0. The molecule has 0 aromatic heterocycles. The number of aryl methyl sites for hydroxylation is 2. The number of benzene rings is 2. The molecule has 236 valence electrons. The smallest absolute Gasteiger partial charge is 0.361 e. The largest absolute Gasteiger partial charge is 0.446 e. The lowest BCUT2D eigenvalue weighted by Gasteiger charge is -2.10. The van der Waals surface area contributed by atoms with Crippen molar-refractivity contribution in [3.8, 4) is 0 Å². The first-order valence-electron chi connectivity index (χ1n) is 15.0. The molecule has 3 rings (SSSR count). The molecule has 1 saturated heterocycles. The number of hydrogen-bond donors (Lipinski definition) is 1. The highest BCUT2D eigenvalue weighted by atomic mass is 16.7. The van der Waals surface area contributed by atoms with Gasteiger partial charge in [-0.25, -0.2) is 4.79 Å². The van der Waals surface area contributed by atoms with E-state index < -0.39 is 17.8 Å². The van der Waals surface area contributed by atoms with Crippen molar-refractivity contribution in [2.45, 2.75) is 91.9 Å². The minimum absolute atomic E-state index is 0.00223. The maximum atomic E-state index is 11.9. The van der Waals surface area contributed by atoms with Gasteiger partial charge in [-0.05, 0) is 57.5 Å². The molecule has 0 atom stereocenters. The number of ketones is 1. The third kappa shape index (κ3) is 13.2. The van der Waals surface area contributed by atoms with E-state index in [1.165, 1.54) is 19.3 Å². The Morgan fingerprint density at radius 2 is 1.20 bits per heavy atom. The maximum absolute atomic E-state index is 11.9. The molecule has 2 N–H and O–H groups in total. The first-order valence-corrected chi connectivity index (χ1v) is 15.0. The van der Waals surface area contributed by atoms with Crippen molar-refractivity contribution in [2.24, 2.45) is 5.73 Å². The second-order valence-electron chi connectivity index (χ2n) is 10.3. The van der Waals surface area contributed by atoms with Crippen LogP contribution < -0.4 is 5.73 Å². The number of rotatable bonds is 13. The van der Waals surface area contributed by atoms with Crippen molar-refractivity contribution in [3.05, 3.63) is 81.8 Å². The minimum Gasteiger partial charge on any atom is -0.361 e. The fourth-order valence-electron chi connectivity index (χ4n) is 3.92. The van der Waals surface area contributed by atoms with Gasteiger partial charge in [-0.15, -0.1) is 5.06 Å². The Kier molecular flexibility index (Phi) is 18.0.